The van der Waals surface area contributed by atoms with E-state index in [1.165, 1.54) is 17.1 Å². The summed E-state index contributed by atoms with van der Waals surface area (Å²) in [5, 5.41) is 7.07. The highest BCUT2D eigenvalue weighted by molar-refractivity contribution is 7.09. The standard InChI is InChI=1S/C12H21N3S/c1-3-4-10-9-16-12(14-10)7-11-8-15(2)6-5-13-11/h9,11,13H,3-8H2,1-2H3. The van der Waals surface area contributed by atoms with Crippen LogP contribution in [0, 0.1) is 0 Å². The molecule has 1 unspecified atom stereocenters. The fraction of sp³-hybridized carbons (Fsp3) is 0.750. The second-order valence-electron chi connectivity index (χ2n) is 4.60. The van der Waals surface area contributed by atoms with E-state index in [9.17, 15) is 0 Å². The van der Waals surface area contributed by atoms with Crippen LogP contribution in [-0.4, -0.2) is 42.6 Å². The highest BCUT2D eigenvalue weighted by Crippen LogP contribution is 2.14. The van der Waals surface area contributed by atoms with Crippen molar-refractivity contribution >= 4 is 11.3 Å². The van der Waals surface area contributed by atoms with E-state index in [1.807, 2.05) is 11.3 Å². The van der Waals surface area contributed by atoms with Crippen LogP contribution in [0.3, 0.4) is 0 Å². The van der Waals surface area contributed by atoms with Crippen molar-refractivity contribution in [3.05, 3.63) is 16.1 Å². The van der Waals surface area contributed by atoms with Crippen LogP contribution in [-0.2, 0) is 12.8 Å². The van der Waals surface area contributed by atoms with E-state index in [0.717, 1.165) is 32.5 Å². The van der Waals surface area contributed by atoms with Gasteiger partial charge in [-0.1, -0.05) is 13.3 Å². The van der Waals surface area contributed by atoms with E-state index in [-0.39, 0.29) is 0 Å². The van der Waals surface area contributed by atoms with Crippen molar-refractivity contribution in [1.82, 2.24) is 15.2 Å². The largest absolute Gasteiger partial charge is 0.311 e. The van der Waals surface area contributed by atoms with Crippen molar-refractivity contribution in [2.24, 2.45) is 0 Å². The summed E-state index contributed by atoms with van der Waals surface area (Å²) in [5.74, 6) is 0. The van der Waals surface area contributed by atoms with E-state index in [1.54, 1.807) is 0 Å². The second kappa shape index (κ2) is 5.75. The molecule has 0 amide bonds. The monoisotopic (exact) mass is 239 g/mol. The third-order valence-corrected chi connectivity index (χ3v) is 3.91. The molecular weight excluding hydrogens is 218 g/mol. The molecule has 1 aromatic rings. The molecule has 1 aliphatic heterocycles. The lowest BCUT2D eigenvalue weighted by Crippen LogP contribution is -2.49. The van der Waals surface area contributed by atoms with Crippen LogP contribution < -0.4 is 5.32 Å². The van der Waals surface area contributed by atoms with Crippen molar-refractivity contribution < 1.29 is 0 Å². The number of aromatic nitrogens is 1. The smallest absolute Gasteiger partial charge is 0.0944 e. The molecule has 0 saturated carbocycles. The quantitative estimate of drug-likeness (QED) is 0.864. The number of thiazole rings is 1. The topological polar surface area (TPSA) is 28.2 Å². The zero-order chi connectivity index (χ0) is 11.4. The van der Waals surface area contributed by atoms with Crippen LogP contribution >= 0.6 is 11.3 Å². The molecule has 2 heterocycles. The van der Waals surface area contributed by atoms with Crippen molar-refractivity contribution in [2.75, 3.05) is 26.7 Å². The van der Waals surface area contributed by atoms with E-state index in [2.05, 4.69) is 34.6 Å². The van der Waals surface area contributed by atoms with Crippen molar-refractivity contribution in [1.29, 1.82) is 0 Å². The maximum Gasteiger partial charge on any atom is 0.0944 e. The Morgan fingerprint density at radius 1 is 1.62 bits per heavy atom. The number of nitrogens with zero attached hydrogens (tertiary/aromatic N) is 2. The first-order chi connectivity index (χ1) is 7.78. The van der Waals surface area contributed by atoms with Gasteiger partial charge < -0.3 is 10.2 Å². The third-order valence-electron chi connectivity index (χ3n) is 2.99. The van der Waals surface area contributed by atoms with E-state index in [0.29, 0.717) is 6.04 Å². The molecule has 2 rings (SSSR count). The van der Waals surface area contributed by atoms with Crippen molar-refractivity contribution in [3.63, 3.8) is 0 Å². The molecule has 1 fully saturated rings. The van der Waals surface area contributed by atoms with Gasteiger partial charge in [-0.2, -0.15) is 0 Å². The molecule has 16 heavy (non-hydrogen) atoms. The lowest BCUT2D eigenvalue weighted by molar-refractivity contribution is 0.238. The molecule has 1 atom stereocenters. The van der Waals surface area contributed by atoms with Crippen molar-refractivity contribution in [3.8, 4) is 0 Å². The molecule has 4 heteroatoms. The fourth-order valence-corrected chi connectivity index (χ4v) is 3.06. The Morgan fingerprint density at radius 2 is 2.50 bits per heavy atom. The first-order valence-electron chi connectivity index (χ1n) is 6.13. The molecule has 0 spiro atoms. The summed E-state index contributed by atoms with van der Waals surface area (Å²) < 4.78 is 0. The van der Waals surface area contributed by atoms with Crippen LogP contribution in [0.2, 0.25) is 0 Å². The predicted molar refractivity (Wildman–Crippen MR) is 69.1 cm³/mol. The Bertz CT molecular complexity index is 324. The number of hydrogen-bond donors (Lipinski definition) is 1. The van der Waals surface area contributed by atoms with Gasteiger partial charge in [-0.25, -0.2) is 4.98 Å². The number of piperazine rings is 1. The number of likely N-dealkylation sites (N-methyl/N-ethyl adjacent to an activating group) is 1. The first-order valence-corrected chi connectivity index (χ1v) is 7.01. The number of hydrogen-bond acceptors (Lipinski definition) is 4. The van der Waals surface area contributed by atoms with Crippen LogP contribution in [0.5, 0.6) is 0 Å². The molecule has 0 bridgehead atoms. The number of aryl methyl sites for hydroxylation is 1. The molecule has 90 valence electrons. The molecule has 0 radical (unpaired) electrons. The summed E-state index contributed by atoms with van der Waals surface area (Å²) in [4.78, 5) is 7.07. The van der Waals surface area contributed by atoms with Crippen LogP contribution in [0.15, 0.2) is 5.38 Å². The highest BCUT2D eigenvalue weighted by Gasteiger charge is 2.17. The summed E-state index contributed by atoms with van der Waals surface area (Å²) in [7, 11) is 2.19. The van der Waals surface area contributed by atoms with E-state index >= 15 is 0 Å². The summed E-state index contributed by atoms with van der Waals surface area (Å²) >= 11 is 1.81. The molecule has 0 aromatic carbocycles. The maximum atomic E-state index is 4.68. The minimum Gasteiger partial charge on any atom is -0.311 e. The molecule has 1 aromatic heterocycles. The van der Waals surface area contributed by atoms with Gasteiger partial charge in [0.1, 0.15) is 0 Å². The van der Waals surface area contributed by atoms with Gasteiger partial charge in [0, 0.05) is 37.5 Å². The summed E-state index contributed by atoms with van der Waals surface area (Å²) in [6.45, 7) is 5.61. The minimum atomic E-state index is 0.583. The summed E-state index contributed by atoms with van der Waals surface area (Å²) in [6.07, 6.45) is 3.39. The Kier molecular flexibility index (Phi) is 4.32. The molecular formula is C12H21N3S. The molecule has 3 nitrogen and oxygen atoms in total. The number of rotatable bonds is 4. The minimum absolute atomic E-state index is 0.583. The Balaban J connectivity index is 1.87. The van der Waals surface area contributed by atoms with E-state index in [4.69, 9.17) is 0 Å². The predicted octanol–water partition coefficient (Wildman–Crippen LogP) is 1.54. The van der Waals surface area contributed by atoms with Gasteiger partial charge in [-0.3, -0.25) is 0 Å². The van der Waals surface area contributed by atoms with Gasteiger partial charge in [0.05, 0.1) is 10.7 Å². The first kappa shape index (κ1) is 12.0. The Hall–Kier alpha value is -0.450. The van der Waals surface area contributed by atoms with Crippen molar-refractivity contribution in [2.45, 2.75) is 32.2 Å². The molecule has 1 aliphatic rings. The van der Waals surface area contributed by atoms with Gasteiger partial charge in [-0.05, 0) is 13.5 Å². The molecule has 1 N–H and O–H groups in total. The average molecular weight is 239 g/mol. The molecule has 0 aliphatic carbocycles. The lowest BCUT2D eigenvalue weighted by atomic mass is 10.1. The Labute approximate surface area is 102 Å². The maximum absolute atomic E-state index is 4.68. The summed E-state index contributed by atoms with van der Waals surface area (Å²) in [5.41, 5.74) is 1.27. The van der Waals surface area contributed by atoms with Gasteiger partial charge in [0.15, 0.2) is 0 Å². The molecule has 1 saturated heterocycles. The zero-order valence-electron chi connectivity index (χ0n) is 10.2. The number of nitrogens with one attached hydrogen (secondary N) is 1. The van der Waals surface area contributed by atoms with Crippen LogP contribution in [0.1, 0.15) is 24.0 Å². The van der Waals surface area contributed by atoms with Crippen LogP contribution in [0.25, 0.3) is 0 Å². The SMILES string of the molecule is CCCc1csc(CC2CN(C)CCN2)n1. The van der Waals surface area contributed by atoms with Crippen LogP contribution in [0.4, 0.5) is 0 Å². The second-order valence-corrected chi connectivity index (χ2v) is 5.54. The average Bonchev–Trinajstić information content (AvgIpc) is 2.66. The van der Waals surface area contributed by atoms with Gasteiger partial charge in [0.25, 0.3) is 0 Å². The van der Waals surface area contributed by atoms with Gasteiger partial charge in [0.2, 0.25) is 0 Å². The van der Waals surface area contributed by atoms with Gasteiger partial charge >= 0.3 is 0 Å². The highest BCUT2D eigenvalue weighted by atomic mass is 32.1. The zero-order valence-corrected chi connectivity index (χ0v) is 11.0. The Morgan fingerprint density at radius 3 is 3.25 bits per heavy atom. The normalized spacial score (nSPS) is 22.5. The van der Waals surface area contributed by atoms with E-state index < -0.39 is 0 Å². The lowest BCUT2D eigenvalue weighted by Gasteiger charge is -2.30. The van der Waals surface area contributed by atoms with Gasteiger partial charge in [-0.15, -0.1) is 11.3 Å². The fourth-order valence-electron chi connectivity index (χ4n) is 2.15. The third kappa shape index (κ3) is 3.27. The summed E-state index contributed by atoms with van der Waals surface area (Å²) in [6, 6.07) is 0.583.